The molecule has 124 valence electrons. The van der Waals surface area contributed by atoms with E-state index < -0.39 is 21.9 Å². The van der Waals surface area contributed by atoms with Crippen LogP contribution in [0, 0.1) is 0 Å². The Morgan fingerprint density at radius 3 is 2.48 bits per heavy atom. The van der Waals surface area contributed by atoms with Crippen LogP contribution >= 0.6 is 0 Å². The Kier molecular flexibility index (Phi) is 5.23. The van der Waals surface area contributed by atoms with Gasteiger partial charge < -0.3 is 9.47 Å². The molecule has 0 fully saturated rings. The largest absolute Gasteiger partial charge is 0.497 e. The number of sulfonamides is 1. The van der Waals surface area contributed by atoms with Crippen LogP contribution in [0.1, 0.15) is 18.4 Å². The first-order valence-electron chi connectivity index (χ1n) is 6.99. The van der Waals surface area contributed by atoms with E-state index in [-0.39, 0.29) is 6.73 Å². The van der Waals surface area contributed by atoms with Gasteiger partial charge in [-0.3, -0.25) is 4.79 Å². The third-order valence-electron chi connectivity index (χ3n) is 3.46. The number of rotatable bonds is 6. The van der Waals surface area contributed by atoms with E-state index in [1.54, 1.807) is 14.0 Å². The van der Waals surface area contributed by atoms with Crippen molar-refractivity contribution in [1.29, 1.82) is 0 Å². The quantitative estimate of drug-likeness (QED) is 0.644. The number of hydrogen-bond donors (Lipinski definition) is 1. The first-order chi connectivity index (χ1) is 10.8. The Hall–Kier alpha value is -2.12. The lowest BCUT2D eigenvalue weighted by molar-refractivity contribution is -0.145. The van der Waals surface area contributed by atoms with E-state index in [2.05, 4.69) is 4.72 Å². The van der Waals surface area contributed by atoms with E-state index in [4.69, 9.17) is 9.47 Å². The zero-order valence-corrected chi connectivity index (χ0v) is 14.0. The number of fused-ring (bicyclic) bond motifs is 1. The molecular weight excluding hydrogens is 318 g/mol. The maximum atomic E-state index is 12.0. The predicted octanol–water partition coefficient (Wildman–Crippen LogP) is 2.00. The van der Waals surface area contributed by atoms with Crippen LogP contribution < -0.4 is 9.46 Å². The van der Waals surface area contributed by atoms with Gasteiger partial charge >= 0.3 is 5.97 Å². The topological polar surface area (TPSA) is 81.7 Å². The molecule has 23 heavy (non-hydrogen) atoms. The van der Waals surface area contributed by atoms with Gasteiger partial charge in [-0.15, -0.1) is 0 Å². The summed E-state index contributed by atoms with van der Waals surface area (Å²) in [5.41, 5.74) is 0.798. The average molecular weight is 337 g/mol. The van der Waals surface area contributed by atoms with Gasteiger partial charge in [0, 0.05) is 0 Å². The second kappa shape index (κ2) is 6.97. The molecule has 0 aromatic heterocycles. The smallest absolute Gasteiger partial charge is 0.314 e. The minimum atomic E-state index is -3.38. The van der Waals surface area contributed by atoms with E-state index in [1.165, 1.54) is 0 Å². The summed E-state index contributed by atoms with van der Waals surface area (Å²) >= 11 is 0. The molecule has 0 heterocycles. The van der Waals surface area contributed by atoms with Gasteiger partial charge in [0.25, 0.3) is 0 Å². The zero-order valence-electron chi connectivity index (χ0n) is 13.2. The van der Waals surface area contributed by atoms with Crippen molar-refractivity contribution in [3.8, 4) is 5.75 Å². The van der Waals surface area contributed by atoms with Crippen LogP contribution in [0.3, 0.4) is 0 Å². The molecular formula is C16H19NO5S. The highest BCUT2D eigenvalue weighted by atomic mass is 32.2. The molecule has 0 aliphatic heterocycles. The number of carbonyl (C=O) groups is 1. The van der Waals surface area contributed by atoms with Gasteiger partial charge in [-0.2, -0.15) is 4.72 Å². The fraction of sp³-hybridized carbons (Fsp3) is 0.312. The van der Waals surface area contributed by atoms with Gasteiger partial charge in [0.2, 0.25) is 10.0 Å². The van der Waals surface area contributed by atoms with E-state index in [9.17, 15) is 13.2 Å². The Balaban J connectivity index is 2.11. The van der Waals surface area contributed by atoms with E-state index >= 15 is 0 Å². The van der Waals surface area contributed by atoms with Gasteiger partial charge in [-0.1, -0.05) is 24.3 Å². The number of ether oxygens (including phenoxy) is 2. The molecule has 1 atom stereocenters. The minimum Gasteiger partial charge on any atom is -0.497 e. The van der Waals surface area contributed by atoms with Gasteiger partial charge in [0.05, 0.1) is 19.3 Å². The summed E-state index contributed by atoms with van der Waals surface area (Å²) in [6.45, 7) is 1.35. The molecule has 0 amide bonds. The first kappa shape index (κ1) is 17.2. The van der Waals surface area contributed by atoms with Crippen LogP contribution in [0.2, 0.25) is 0 Å². The molecule has 2 rings (SSSR count). The number of benzene rings is 2. The van der Waals surface area contributed by atoms with Crippen molar-refractivity contribution >= 4 is 26.8 Å². The Morgan fingerprint density at radius 1 is 1.17 bits per heavy atom. The fourth-order valence-electron chi connectivity index (χ4n) is 2.11. The van der Waals surface area contributed by atoms with Gasteiger partial charge in [0.1, 0.15) is 5.75 Å². The monoisotopic (exact) mass is 337 g/mol. The fourth-order valence-corrected chi connectivity index (χ4v) is 2.38. The molecule has 0 radical (unpaired) electrons. The molecule has 2 aromatic carbocycles. The third kappa shape index (κ3) is 4.67. The van der Waals surface area contributed by atoms with Gasteiger partial charge in [-0.25, -0.2) is 8.42 Å². The highest BCUT2D eigenvalue weighted by Crippen LogP contribution is 2.25. The summed E-state index contributed by atoms with van der Waals surface area (Å²) in [4.78, 5) is 12.0. The number of methoxy groups -OCH3 is 1. The number of esters is 1. The van der Waals surface area contributed by atoms with Crippen LogP contribution in [-0.4, -0.2) is 34.5 Å². The summed E-state index contributed by atoms with van der Waals surface area (Å²) < 4.78 is 34.1. The second-order valence-electron chi connectivity index (χ2n) is 5.22. The molecule has 2 aromatic rings. The van der Waals surface area contributed by atoms with Crippen LogP contribution in [0.4, 0.5) is 0 Å². The summed E-state index contributed by atoms with van der Waals surface area (Å²) in [5.74, 6) is -0.221. The lowest BCUT2D eigenvalue weighted by Gasteiger charge is -2.13. The predicted molar refractivity (Wildman–Crippen MR) is 87.9 cm³/mol. The molecule has 1 N–H and O–H groups in total. The Morgan fingerprint density at radius 2 is 1.83 bits per heavy atom. The number of carbonyl (C=O) groups excluding carboxylic acids is 1. The standard InChI is InChI=1S/C16H19NO5S/c1-11(16(18)22-10-17-23(3,19)20)12-4-5-14-9-15(21-2)7-6-13(14)8-12/h4-9,11,17H,10H2,1-3H3. The summed E-state index contributed by atoms with van der Waals surface area (Å²) in [5, 5.41) is 1.99. The van der Waals surface area contributed by atoms with Gasteiger partial charge in [-0.05, 0) is 35.4 Å². The van der Waals surface area contributed by atoms with Gasteiger partial charge in [0.15, 0.2) is 6.73 Å². The van der Waals surface area contributed by atoms with E-state index in [0.717, 1.165) is 28.3 Å². The molecule has 0 spiro atoms. The molecule has 0 saturated heterocycles. The Labute approximate surface area is 135 Å². The zero-order chi connectivity index (χ0) is 17.0. The van der Waals surface area contributed by atoms with Crippen molar-refractivity contribution in [3.63, 3.8) is 0 Å². The summed E-state index contributed by atoms with van der Waals surface area (Å²) in [7, 11) is -1.78. The highest BCUT2D eigenvalue weighted by molar-refractivity contribution is 7.88. The molecule has 6 nitrogen and oxygen atoms in total. The lowest BCUT2D eigenvalue weighted by atomic mass is 9.98. The van der Waals surface area contributed by atoms with Crippen molar-refractivity contribution in [1.82, 2.24) is 4.72 Å². The highest BCUT2D eigenvalue weighted by Gasteiger charge is 2.17. The Bertz CT molecular complexity index is 816. The number of hydrogen-bond acceptors (Lipinski definition) is 5. The van der Waals surface area contributed by atoms with Crippen LogP contribution in [-0.2, 0) is 19.6 Å². The molecule has 7 heteroatoms. The lowest BCUT2D eigenvalue weighted by Crippen LogP contribution is -2.27. The summed E-state index contributed by atoms with van der Waals surface area (Å²) in [6.07, 6.45) is 1.00. The molecule has 0 aliphatic rings. The van der Waals surface area contributed by atoms with Crippen molar-refractivity contribution in [3.05, 3.63) is 42.0 Å². The molecule has 0 saturated carbocycles. The summed E-state index contributed by atoms with van der Waals surface area (Å²) in [6, 6.07) is 11.3. The van der Waals surface area contributed by atoms with Crippen LogP contribution in [0.5, 0.6) is 5.75 Å². The van der Waals surface area contributed by atoms with Crippen molar-refractivity contribution in [2.24, 2.45) is 0 Å². The maximum Gasteiger partial charge on any atom is 0.314 e. The molecule has 0 aliphatic carbocycles. The normalized spacial score (nSPS) is 12.8. The van der Waals surface area contributed by atoms with Crippen molar-refractivity contribution in [2.75, 3.05) is 20.1 Å². The molecule has 0 bridgehead atoms. The molecule has 1 unspecified atom stereocenters. The number of nitrogens with one attached hydrogen (secondary N) is 1. The first-order valence-corrected chi connectivity index (χ1v) is 8.88. The minimum absolute atomic E-state index is 0.368. The van der Waals surface area contributed by atoms with Crippen LogP contribution in [0.15, 0.2) is 36.4 Å². The van der Waals surface area contributed by atoms with E-state index in [0.29, 0.717) is 0 Å². The van der Waals surface area contributed by atoms with Crippen molar-refractivity contribution < 1.29 is 22.7 Å². The maximum absolute atomic E-state index is 12.0. The van der Waals surface area contributed by atoms with E-state index in [1.807, 2.05) is 36.4 Å². The average Bonchev–Trinajstić information content (AvgIpc) is 2.51. The van der Waals surface area contributed by atoms with Crippen molar-refractivity contribution in [2.45, 2.75) is 12.8 Å². The van der Waals surface area contributed by atoms with Crippen LogP contribution in [0.25, 0.3) is 10.8 Å². The SMILES string of the molecule is COc1ccc2cc(C(C)C(=O)OCNS(C)(=O)=O)ccc2c1. The third-order valence-corrected chi connectivity index (χ3v) is 4.10. The second-order valence-corrected chi connectivity index (χ2v) is 7.05.